The zero-order valence-electron chi connectivity index (χ0n) is 13.1. The maximum Gasteiger partial charge on any atom is 0.251 e. The molecule has 2 bridgehead atoms. The van der Waals surface area contributed by atoms with Gasteiger partial charge in [-0.2, -0.15) is 0 Å². The fourth-order valence-corrected chi connectivity index (χ4v) is 4.84. The first-order chi connectivity index (χ1) is 9.87. The predicted octanol–water partition coefficient (Wildman–Crippen LogP) is 4.37. The van der Waals surface area contributed by atoms with Crippen LogP contribution in [0, 0.1) is 16.7 Å². The summed E-state index contributed by atoms with van der Waals surface area (Å²) in [5.41, 5.74) is 2.15. The number of alkyl halides is 1. The summed E-state index contributed by atoms with van der Waals surface area (Å²) in [7, 11) is 0. The van der Waals surface area contributed by atoms with Gasteiger partial charge >= 0.3 is 0 Å². The summed E-state index contributed by atoms with van der Waals surface area (Å²) in [5, 5.41) is 3.33. The summed E-state index contributed by atoms with van der Waals surface area (Å²) in [6.45, 7) is 6.95. The molecular formula is C18H24ClNO. The molecule has 1 amide bonds. The van der Waals surface area contributed by atoms with Crippen LogP contribution in [0.5, 0.6) is 0 Å². The molecule has 0 saturated heterocycles. The van der Waals surface area contributed by atoms with Crippen molar-refractivity contribution in [1.82, 2.24) is 5.32 Å². The highest BCUT2D eigenvalue weighted by atomic mass is 35.5. The molecule has 2 aliphatic rings. The van der Waals surface area contributed by atoms with Crippen molar-refractivity contribution in [1.29, 1.82) is 0 Å². The van der Waals surface area contributed by atoms with Gasteiger partial charge in [0.25, 0.3) is 5.91 Å². The second-order valence-corrected chi connectivity index (χ2v) is 7.92. The quantitative estimate of drug-likeness (QED) is 0.825. The highest BCUT2D eigenvalue weighted by Gasteiger charge is 2.59. The van der Waals surface area contributed by atoms with Gasteiger partial charge in [0.15, 0.2) is 0 Å². The van der Waals surface area contributed by atoms with Gasteiger partial charge in [-0.15, -0.1) is 11.6 Å². The van der Waals surface area contributed by atoms with E-state index in [0.29, 0.717) is 5.88 Å². The third-order valence-electron chi connectivity index (χ3n) is 5.89. The molecule has 2 nitrogen and oxygen atoms in total. The van der Waals surface area contributed by atoms with Gasteiger partial charge in [0, 0.05) is 17.5 Å². The van der Waals surface area contributed by atoms with Crippen LogP contribution in [-0.4, -0.2) is 11.9 Å². The van der Waals surface area contributed by atoms with Gasteiger partial charge in [0.1, 0.15) is 0 Å². The summed E-state index contributed by atoms with van der Waals surface area (Å²) >= 11 is 5.86. The minimum Gasteiger partial charge on any atom is -0.348 e. The molecule has 3 unspecified atom stereocenters. The summed E-state index contributed by atoms with van der Waals surface area (Å²) in [6.07, 6.45) is 3.78. The third-order valence-corrected chi connectivity index (χ3v) is 6.20. The molecule has 0 spiro atoms. The summed E-state index contributed by atoms with van der Waals surface area (Å²) < 4.78 is 0. The number of hydrogen-bond donors (Lipinski definition) is 1. The van der Waals surface area contributed by atoms with Crippen LogP contribution in [0.3, 0.4) is 0 Å². The Bertz CT molecular complexity index is 563. The Labute approximate surface area is 132 Å². The second-order valence-electron chi connectivity index (χ2n) is 7.66. The lowest BCUT2D eigenvalue weighted by atomic mass is 9.68. The first-order valence-electron chi connectivity index (χ1n) is 7.82. The Morgan fingerprint density at radius 2 is 2.14 bits per heavy atom. The number of halogens is 1. The van der Waals surface area contributed by atoms with Gasteiger partial charge in [-0.25, -0.2) is 0 Å². The van der Waals surface area contributed by atoms with Crippen LogP contribution in [0.25, 0.3) is 0 Å². The Hall–Kier alpha value is -1.02. The van der Waals surface area contributed by atoms with E-state index in [1.165, 1.54) is 19.3 Å². The van der Waals surface area contributed by atoms with Gasteiger partial charge in [0.05, 0.1) is 0 Å². The first kappa shape index (κ1) is 14.9. The van der Waals surface area contributed by atoms with Crippen LogP contribution >= 0.6 is 11.6 Å². The molecule has 0 aromatic heterocycles. The van der Waals surface area contributed by atoms with Crippen LogP contribution in [0.2, 0.25) is 0 Å². The number of rotatable bonds is 3. The number of benzene rings is 1. The molecule has 0 radical (unpaired) electrons. The van der Waals surface area contributed by atoms with Crippen molar-refractivity contribution in [2.75, 3.05) is 0 Å². The molecule has 1 N–H and O–H groups in total. The van der Waals surface area contributed by atoms with Crippen LogP contribution in [-0.2, 0) is 5.88 Å². The van der Waals surface area contributed by atoms with Crippen LogP contribution < -0.4 is 5.32 Å². The van der Waals surface area contributed by atoms with E-state index in [4.69, 9.17) is 11.6 Å². The average Bonchev–Trinajstić information content (AvgIpc) is 2.94. The van der Waals surface area contributed by atoms with Crippen LogP contribution in [0.15, 0.2) is 24.3 Å². The predicted molar refractivity (Wildman–Crippen MR) is 86.5 cm³/mol. The maximum absolute atomic E-state index is 12.6. The molecule has 1 aromatic carbocycles. The van der Waals surface area contributed by atoms with E-state index in [1.54, 1.807) is 0 Å². The third kappa shape index (κ3) is 2.38. The molecule has 3 rings (SSSR count). The first-order valence-corrected chi connectivity index (χ1v) is 8.36. The zero-order chi connectivity index (χ0) is 15.3. The lowest BCUT2D eigenvalue weighted by molar-refractivity contribution is 0.0737. The minimum atomic E-state index is 0.0359. The van der Waals surface area contributed by atoms with Gasteiger partial charge < -0.3 is 5.32 Å². The standard InChI is InChI=1S/C18H24ClNO/c1-17(2)14-7-8-18(3,10-14)16(17)20-15(21)13-6-4-5-12(9-13)11-19/h4-6,9,14,16H,7-8,10-11H2,1-3H3,(H,20,21). The number of amides is 1. The van der Waals surface area contributed by atoms with E-state index in [9.17, 15) is 4.79 Å². The van der Waals surface area contributed by atoms with E-state index in [-0.39, 0.29) is 22.8 Å². The van der Waals surface area contributed by atoms with Crippen molar-refractivity contribution < 1.29 is 4.79 Å². The number of carbonyl (C=O) groups is 1. The smallest absolute Gasteiger partial charge is 0.251 e. The van der Waals surface area contributed by atoms with Gasteiger partial charge in [-0.3, -0.25) is 4.79 Å². The number of nitrogens with one attached hydrogen (secondary N) is 1. The van der Waals surface area contributed by atoms with E-state index in [0.717, 1.165) is 17.0 Å². The Kier molecular flexibility index (Phi) is 3.56. The van der Waals surface area contributed by atoms with Crippen molar-refractivity contribution in [3.05, 3.63) is 35.4 Å². The topological polar surface area (TPSA) is 29.1 Å². The summed E-state index contributed by atoms with van der Waals surface area (Å²) in [6, 6.07) is 7.88. The molecule has 2 saturated carbocycles. The fourth-order valence-electron chi connectivity index (χ4n) is 4.67. The molecule has 3 atom stereocenters. The lowest BCUT2D eigenvalue weighted by Crippen LogP contribution is -2.52. The molecule has 21 heavy (non-hydrogen) atoms. The van der Waals surface area contributed by atoms with Crippen molar-refractivity contribution >= 4 is 17.5 Å². The monoisotopic (exact) mass is 305 g/mol. The minimum absolute atomic E-state index is 0.0359. The van der Waals surface area contributed by atoms with E-state index < -0.39 is 0 Å². The summed E-state index contributed by atoms with van der Waals surface area (Å²) in [4.78, 5) is 12.6. The normalized spacial score (nSPS) is 33.1. The molecule has 0 heterocycles. The van der Waals surface area contributed by atoms with Crippen molar-refractivity contribution in [3.8, 4) is 0 Å². The van der Waals surface area contributed by atoms with E-state index in [1.807, 2.05) is 24.3 Å². The van der Waals surface area contributed by atoms with Crippen molar-refractivity contribution in [3.63, 3.8) is 0 Å². The highest BCUT2D eigenvalue weighted by molar-refractivity contribution is 6.17. The second kappa shape index (κ2) is 5.01. The molecular weight excluding hydrogens is 282 g/mol. The molecule has 3 heteroatoms. The van der Waals surface area contributed by atoms with Crippen molar-refractivity contribution in [2.45, 2.75) is 52.0 Å². The zero-order valence-corrected chi connectivity index (χ0v) is 13.8. The average molecular weight is 306 g/mol. The Balaban J connectivity index is 1.81. The number of hydrogen-bond acceptors (Lipinski definition) is 1. The largest absolute Gasteiger partial charge is 0.348 e. The Morgan fingerprint density at radius 1 is 1.38 bits per heavy atom. The van der Waals surface area contributed by atoms with Crippen LogP contribution in [0.1, 0.15) is 56.0 Å². The van der Waals surface area contributed by atoms with Crippen LogP contribution in [0.4, 0.5) is 0 Å². The molecule has 114 valence electrons. The van der Waals surface area contributed by atoms with Crippen molar-refractivity contribution in [2.24, 2.45) is 16.7 Å². The van der Waals surface area contributed by atoms with Gasteiger partial charge in [-0.05, 0) is 53.7 Å². The molecule has 2 aliphatic carbocycles. The SMILES string of the molecule is CC12CCC(C1)C(C)(C)C2NC(=O)c1cccc(CCl)c1. The Morgan fingerprint density at radius 3 is 2.76 bits per heavy atom. The van der Waals surface area contributed by atoms with Gasteiger partial charge in [0.2, 0.25) is 0 Å². The fraction of sp³-hybridized carbons (Fsp3) is 0.611. The van der Waals surface area contributed by atoms with E-state index in [2.05, 4.69) is 26.1 Å². The van der Waals surface area contributed by atoms with Gasteiger partial charge in [-0.1, -0.05) is 32.9 Å². The number of carbonyl (C=O) groups excluding carboxylic acids is 1. The molecule has 0 aliphatic heterocycles. The molecule has 2 fully saturated rings. The lowest BCUT2D eigenvalue weighted by Gasteiger charge is -2.43. The van der Waals surface area contributed by atoms with E-state index >= 15 is 0 Å². The summed E-state index contributed by atoms with van der Waals surface area (Å²) in [5.74, 6) is 1.21. The maximum atomic E-state index is 12.6. The highest BCUT2D eigenvalue weighted by Crippen LogP contribution is 2.62. The molecule has 1 aromatic rings. The number of fused-ring (bicyclic) bond motifs is 2.